The molecule has 0 amide bonds. The number of halogens is 1. The fraction of sp³-hybridized carbons (Fsp3) is 0.278. The molecule has 0 spiro atoms. The van der Waals surface area contributed by atoms with Gasteiger partial charge in [-0.3, -0.25) is 9.36 Å². The average molecular weight is 333 g/mol. The number of hydrogen-bond acceptors (Lipinski definition) is 2. The smallest absolute Gasteiger partial charge is 0.173 e. The van der Waals surface area contributed by atoms with E-state index in [9.17, 15) is 9.36 Å². The fourth-order valence-corrected chi connectivity index (χ4v) is 3.35. The molecule has 0 bridgehead atoms. The van der Waals surface area contributed by atoms with Gasteiger partial charge in [-0.25, -0.2) is 0 Å². The lowest BCUT2D eigenvalue weighted by atomic mass is 9.80. The molecule has 2 rings (SSSR count). The van der Waals surface area contributed by atoms with Crippen molar-refractivity contribution < 1.29 is 9.36 Å². The monoisotopic (exact) mass is 332 g/mol. The SMILES string of the molecule is Cc1cccc(Cl)c1C(=O)C(c1ccccc1)C(C)(C)P=O. The van der Waals surface area contributed by atoms with Crippen molar-refractivity contribution in [3.05, 3.63) is 70.2 Å². The van der Waals surface area contributed by atoms with Gasteiger partial charge < -0.3 is 0 Å². The summed E-state index contributed by atoms with van der Waals surface area (Å²) in [6, 6.07) is 14.8. The van der Waals surface area contributed by atoms with Crippen LogP contribution in [0.1, 0.15) is 41.3 Å². The summed E-state index contributed by atoms with van der Waals surface area (Å²) in [5.74, 6) is -0.617. The van der Waals surface area contributed by atoms with Gasteiger partial charge >= 0.3 is 0 Å². The van der Waals surface area contributed by atoms with Crippen molar-refractivity contribution in [1.29, 1.82) is 0 Å². The molecule has 2 aromatic rings. The third-order valence-electron chi connectivity index (χ3n) is 3.81. The molecule has 0 fully saturated rings. The van der Waals surface area contributed by atoms with E-state index >= 15 is 0 Å². The topological polar surface area (TPSA) is 34.1 Å². The second kappa shape index (κ2) is 6.73. The zero-order valence-corrected chi connectivity index (χ0v) is 14.5. The summed E-state index contributed by atoms with van der Waals surface area (Å²) in [6.07, 6.45) is 0. The number of rotatable bonds is 5. The lowest BCUT2D eigenvalue weighted by molar-refractivity contribution is 0.0944. The Morgan fingerprint density at radius 1 is 1.09 bits per heavy atom. The summed E-state index contributed by atoms with van der Waals surface area (Å²) in [6.45, 7) is 5.51. The molecule has 1 atom stereocenters. The summed E-state index contributed by atoms with van der Waals surface area (Å²) < 4.78 is 11.7. The molecule has 0 N–H and O–H groups in total. The molecule has 4 heteroatoms. The Labute approximate surface area is 137 Å². The minimum absolute atomic E-state index is 0.0708. The number of carbonyl (C=O) groups excluding carboxylic acids is 1. The van der Waals surface area contributed by atoms with E-state index in [-0.39, 0.29) is 14.2 Å². The van der Waals surface area contributed by atoms with Crippen LogP contribution in [0.3, 0.4) is 0 Å². The summed E-state index contributed by atoms with van der Waals surface area (Å²) >= 11 is 6.25. The Morgan fingerprint density at radius 3 is 2.27 bits per heavy atom. The Kier molecular flexibility index (Phi) is 5.16. The molecule has 2 nitrogen and oxygen atoms in total. The van der Waals surface area contributed by atoms with Gasteiger partial charge in [-0.2, -0.15) is 0 Å². The highest BCUT2D eigenvalue weighted by Crippen LogP contribution is 2.41. The molecule has 0 saturated heterocycles. The van der Waals surface area contributed by atoms with Crippen LogP contribution in [0.25, 0.3) is 0 Å². The molecule has 114 valence electrons. The lowest BCUT2D eigenvalue weighted by Crippen LogP contribution is -2.30. The molecule has 0 aromatic heterocycles. The molecule has 22 heavy (non-hydrogen) atoms. The van der Waals surface area contributed by atoms with Crippen molar-refractivity contribution in [3.8, 4) is 0 Å². The second-order valence-electron chi connectivity index (χ2n) is 5.88. The quantitative estimate of drug-likeness (QED) is 0.521. The zero-order chi connectivity index (χ0) is 16.3. The highest BCUT2D eigenvalue weighted by Gasteiger charge is 2.38. The summed E-state index contributed by atoms with van der Waals surface area (Å²) in [5, 5.41) is -0.284. The van der Waals surface area contributed by atoms with Gasteiger partial charge in [-0.15, -0.1) is 0 Å². The average Bonchev–Trinajstić information content (AvgIpc) is 2.48. The van der Waals surface area contributed by atoms with Crippen molar-refractivity contribution in [3.63, 3.8) is 0 Å². The van der Waals surface area contributed by atoms with Crippen LogP contribution in [0.5, 0.6) is 0 Å². The van der Waals surface area contributed by atoms with Gasteiger partial charge in [0.2, 0.25) is 0 Å². The molecule has 1 unspecified atom stereocenters. The van der Waals surface area contributed by atoms with E-state index in [2.05, 4.69) is 0 Å². The lowest BCUT2D eigenvalue weighted by Gasteiger charge is -2.28. The van der Waals surface area contributed by atoms with Gasteiger partial charge in [0, 0.05) is 5.56 Å². The first kappa shape index (κ1) is 16.9. The van der Waals surface area contributed by atoms with Crippen molar-refractivity contribution >= 4 is 25.8 Å². The molecule has 0 aliphatic carbocycles. The molecule has 0 saturated carbocycles. The van der Waals surface area contributed by atoms with E-state index in [1.165, 1.54) is 0 Å². The van der Waals surface area contributed by atoms with Crippen LogP contribution in [0.2, 0.25) is 5.02 Å². The summed E-state index contributed by atoms with van der Waals surface area (Å²) in [5.41, 5.74) is 2.19. The third-order valence-corrected chi connectivity index (χ3v) is 4.85. The normalized spacial score (nSPS) is 13.1. The Hall–Kier alpha value is -1.50. The first-order valence-electron chi connectivity index (χ1n) is 7.07. The van der Waals surface area contributed by atoms with Crippen LogP contribution >= 0.6 is 20.1 Å². The minimum atomic E-state index is -0.718. The van der Waals surface area contributed by atoms with Crippen LogP contribution in [0, 0.1) is 6.92 Å². The van der Waals surface area contributed by atoms with E-state index in [4.69, 9.17) is 11.6 Å². The van der Waals surface area contributed by atoms with Gasteiger partial charge in [0.1, 0.15) is 0 Å². The molecule has 0 aliphatic rings. The molecule has 0 radical (unpaired) electrons. The van der Waals surface area contributed by atoms with Crippen molar-refractivity contribution in [2.24, 2.45) is 0 Å². The fourth-order valence-electron chi connectivity index (χ4n) is 2.67. The van der Waals surface area contributed by atoms with Gasteiger partial charge in [-0.1, -0.05) is 54.1 Å². The van der Waals surface area contributed by atoms with E-state index in [0.717, 1.165) is 11.1 Å². The van der Waals surface area contributed by atoms with Crippen molar-refractivity contribution in [1.82, 2.24) is 0 Å². The van der Waals surface area contributed by atoms with Gasteiger partial charge in [0.05, 0.1) is 16.1 Å². The molecule has 0 heterocycles. The maximum absolute atomic E-state index is 13.2. The predicted octanol–water partition coefficient (Wildman–Crippen LogP) is 5.69. The molecule has 0 aliphatic heterocycles. The van der Waals surface area contributed by atoms with Gasteiger partial charge in [0.15, 0.2) is 14.2 Å². The Bertz CT molecular complexity index is 675. The second-order valence-corrected chi connectivity index (χ2v) is 7.63. The Balaban J connectivity index is 2.60. The largest absolute Gasteiger partial charge is 0.293 e. The van der Waals surface area contributed by atoms with Crippen LogP contribution in [-0.2, 0) is 4.57 Å². The first-order valence-corrected chi connectivity index (χ1v) is 8.26. The molecule has 2 aromatic carbocycles. The van der Waals surface area contributed by atoms with Gasteiger partial charge in [-0.05, 0) is 38.0 Å². The summed E-state index contributed by atoms with van der Waals surface area (Å²) in [7, 11) is -0.0708. The maximum Gasteiger partial charge on any atom is 0.173 e. The van der Waals surface area contributed by atoms with Crippen LogP contribution in [0.4, 0.5) is 0 Å². The van der Waals surface area contributed by atoms with E-state index in [1.54, 1.807) is 6.07 Å². The van der Waals surface area contributed by atoms with Gasteiger partial charge in [0.25, 0.3) is 0 Å². The zero-order valence-electron chi connectivity index (χ0n) is 12.8. The number of ketones is 1. The van der Waals surface area contributed by atoms with Crippen molar-refractivity contribution in [2.45, 2.75) is 31.8 Å². The predicted molar refractivity (Wildman–Crippen MR) is 91.4 cm³/mol. The van der Waals surface area contributed by atoms with Crippen LogP contribution < -0.4 is 0 Å². The van der Waals surface area contributed by atoms with E-state index < -0.39 is 11.1 Å². The first-order chi connectivity index (χ1) is 10.4. The Morgan fingerprint density at radius 2 is 1.73 bits per heavy atom. The summed E-state index contributed by atoms with van der Waals surface area (Å²) in [4.78, 5) is 13.2. The highest BCUT2D eigenvalue weighted by molar-refractivity contribution is 7.26. The standard InChI is InChI=1S/C18H18ClO2P/c1-12-8-7-11-14(19)15(12)17(20)16(18(2,3)22-21)13-9-5-4-6-10-13/h4-11,16H,1-3H3. The number of aryl methyl sites for hydroxylation is 1. The number of carbonyl (C=O) groups is 1. The highest BCUT2D eigenvalue weighted by atomic mass is 35.5. The molecular formula is C18H18ClO2P. The minimum Gasteiger partial charge on any atom is -0.293 e. The van der Waals surface area contributed by atoms with Crippen LogP contribution in [-0.4, -0.2) is 10.9 Å². The van der Waals surface area contributed by atoms with E-state index in [1.807, 2.05) is 63.2 Å². The maximum atomic E-state index is 13.2. The third kappa shape index (κ3) is 3.29. The number of Topliss-reactive ketones (excluding diaryl/α,β-unsaturated/α-hetero) is 1. The molecular weight excluding hydrogens is 315 g/mol. The van der Waals surface area contributed by atoms with Crippen molar-refractivity contribution in [2.75, 3.05) is 0 Å². The number of benzene rings is 2. The number of hydrogen-bond donors (Lipinski definition) is 0. The van der Waals surface area contributed by atoms with E-state index in [0.29, 0.717) is 10.6 Å². The van der Waals surface area contributed by atoms with Crippen LogP contribution in [0.15, 0.2) is 48.5 Å².